The van der Waals surface area contributed by atoms with Gasteiger partial charge in [0.15, 0.2) is 5.70 Å². The van der Waals surface area contributed by atoms with Crippen LogP contribution < -0.4 is 5.32 Å². The molecule has 2 rings (SSSR count). The summed E-state index contributed by atoms with van der Waals surface area (Å²) in [4.78, 5) is 24.6. The maximum atomic E-state index is 11.4. The van der Waals surface area contributed by atoms with Crippen LogP contribution >= 0.6 is 11.8 Å². The zero-order valence-corrected chi connectivity index (χ0v) is 10.5. The van der Waals surface area contributed by atoms with Crippen molar-refractivity contribution < 1.29 is 14.7 Å². The molecule has 1 unspecified atom stereocenters. The Morgan fingerprint density at radius 3 is 2.88 bits per heavy atom. The highest BCUT2D eigenvalue weighted by Gasteiger charge is 2.30. The molecule has 1 atom stereocenters. The Bertz CT molecular complexity index is 373. The van der Waals surface area contributed by atoms with Gasteiger partial charge in [0.25, 0.3) is 0 Å². The number of Topliss-reactive ketones (excluding diaryl/α,β-unsaturated/α-hetero) is 1. The molecule has 0 aliphatic carbocycles. The number of hydrogen-bond acceptors (Lipinski definition) is 5. The Kier molecular flexibility index (Phi) is 3.61. The minimum atomic E-state index is -0.913. The summed E-state index contributed by atoms with van der Waals surface area (Å²) in [5, 5.41) is 13.1. The first-order chi connectivity index (χ1) is 8.09. The number of carbonyl (C=O) groups excluding carboxylic acids is 1. The van der Waals surface area contributed by atoms with Crippen molar-refractivity contribution in [2.45, 2.75) is 13.3 Å². The first-order valence-electron chi connectivity index (χ1n) is 5.71. The first-order valence-corrected chi connectivity index (χ1v) is 6.70. The molecule has 0 radical (unpaired) electrons. The van der Waals surface area contributed by atoms with Crippen molar-refractivity contribution in [1.82, 2.24) is 10.2 Å². The number of piperidine rings is 1. The molecule has 2 fully saturated rings. The molecule has 5 nitrogen and oxygen atoms in total. The predicted octanol–water partition coefficient (Wildman–Crippen LogP) is 0.487. The van der Waals surface area contributed by atoms with Crippen molar-refractivity contribution in [3.8, 4) is 0 Å². The second kappa shape index (κ2) is 5.00. The first kappa shape index (κ1) is 12.3. The van der Waals surface area contributed by atoms with Gasteiger partial charge >= 0.3 is 5.97 Å². The number of carboxylic acids is 1. The highest BCUT2D eigenvalue weighted by molar-refractivity contribution is 8.03. The van der Waals surface area contributed by atoms with Gasteiger partial charge < -0.3 is 15.3 Å². The Hall–Kier alpha value is -1.17. The number of ketones is 1. The quantitative estimate of drug-likeness (QED) is 0.701. The third-order valence-electron chi connectivity index (χ3n) is 3.04. The molecule has 0 aromatic heterocycles. The average Bonchev–Trinajstić information content (AvgIpc) is 2.76. The summed E-state index contributed by atoms with van der Waals surface area (Å²) in [6.45, 7) is 3.68. The van der Waals surface area contributed by atoms with E-state index >= 15 is 0 Å². The molecule has 2 heterocycles. The van der Waals surface area contributed by atoms with Crippen LogP contribution in [0.25, 0.3) is 0 Å². The van der Waals surface area contributed by atoms with Crippen LogP contribution in [-0.4, -0.2) is 47.1 Å². The lowest BCUT2D eigenvalue weighted by atomic mass is 9.98. The largest absolute Gasteiger partial charge is 0.476 e. The molecule has 0 aromatic rings. The Labute approximate surface area is 104 Å². The summed E-state index contributed by atoms with van der Waals surface area (Å²) in [5.41, 5.74) is 0.326. The van der Waals surface area contributed by atoms with Gasteiger partial charge in [0.1, 0.15) is 5.78 Å². The molecule has 0 saturated carbocycles. The molecule has 2 aliphatic heterocycles. The molecule has 6 heteroatoms. The molecule has 94 valence electrons. The fourth-order valence-electron chi connectivity index (χ4n) is 2.12. The van der Waals surface area contributed by atoms with Gasteiger partial charge in [0.2, 0.25) is 0 Å². The van der Waals surface area contributed by atoms with E-state index in [0.717, 1.165) is 17.3 Å². The second-order valence-electron chi connectivity index (χ2n) is 4.32. The second-order valence-corrected chi connectivity index (χ2v) is 5.43. The summed E-state index contributed by atoms with van der Waals surface area (Å²) in [6.07, 6.45) is 0.440. The fourth-order valence-corrected chi connectivity index (χ4v) is 3.08. The van der Waals surface area contributed by atoms with E-state index in [2.05, 4.69) is 5.32 Å². The van der Waals surface area contributed by atoms with Gasteiger partial charge in [0.05, 0.1) is 5.03 Å². The van der Waals surface area contributed by atoms with Crippen molar-refractivity contribution in [2.75, 3.05) is 25.4 Å². The normalized spacial score (nSPS) is 27.9. The molecular weight excluding hydrogens is 240 g/mol. The van der Waals surface area contributed by atoms with Crippen LogP contribution in [0.5, 0.6) is 0 Å². The smallest absolute Gasteiger partial charge is 0.354 e. The zero-order chi connectivity index (χ0) is 12.4. The molecular formula is C11H16N2O3S. The van der Waals surface area contributed by atoms with Crippen molar-refractivity contribution >= 4 is 23.5 Å². The lowest BCUT2D eigenvalue weighted by molar-refractivity contribution is -0.136. The summed E-state index contributed by atoms with van der Waals surface area (Å²) in [7, 11) is 0. The SMILES string of the molecule is CC1CN(C(C(=O)O)=C2NCCS2)CCC1=O. The van der Waals surface area contributed by atoms with E-state index in [1.54, 1.807) is 0 Å². The van der Waals surface area contributed by atoms with Gasteiger partial charge in [0, 0.05) is 37.7 Å². The lowest BCUT2D eigenvalue weighted by Crippen LogP contribution is -2.41. The standard InChI is InChI=1S/C11H16N2O3S/c1-7-6-13(4-2-8(7)14)9(11(15)16)10-12-3-5-17-10/h7,12H,2-6H2,1H3,(H,15,16). The number of carbonyl (C=O) groups is 2. The van der Waals surface area contributed by atoms with Gasteiger partial charge in [-0.05, 0) is 0 Å². The highest BCUT2D eigenvalue weighted by atomic mass is 32.2. The van der Waals surface area contributed by atoms with Crippen LogP contribution in [0.15, 0.2) is 10.7 Å². The maximum absolute atomic E-state index is 11.4. The van der Waals surface area contributed by atoms with Gasteiger partial charge in [-0.15, -0.1) is 11.8 Å². The minimum absolute atomic E-state index is 0.0786. The molecule has 17 heavy (non-hydrogen) atoms. The molecule has 2 saturated heterocycles. The van der Waals surface area contributed by atoms with Gasteiger partial charge in [-0.1, -0.05) is 6.92 Å². The van der Waals surface area contributed by atoms with Crippen molar-refractivity contribution in [1.29, 1.82) is 0 Å². The molecule has 0 bridgehead atoms. The van der Waals surface area contributed by atoms with Crippen LogP contribution in [0.4, 0.5) is 0 Å². The van der Waals surface area contributed by atoms with Gasteiger partial charge in [-0.2, -0.15) is 0 Å². The highest BCUT2D eigenvalue weighted by Crippen LogP contribution is 2.26. The lowest BCUT2D eigenvalue weighted by Gasteiger charge is -2.32. The number of nitrogens with zero attached hydrogens (tertiary/aromatic N) is 1. The molecule has 2 N–H and O–H groups in total. The Morgan fingerprint density at radius 2 is 2.35 bits per heavy atom. The van der Waals surface area contributed by atoms with E-state index in [1.807, 2.05) is 11.8 Å². The van der Waals surface area contributed by atoms with Gasteiger partial charge in [-0.3, -0.25) is 4.79 Å². The number of likely N-dealkylation sites (tertiary alicyclic amines) is 1. The molecule has 0 amide bonds. The van der Waals surface area contributed by atoms with Crippen molar-refractivity contribution in [3.63, 3.8) is 0 Å². The van der Waals surface area contributed by atoms with Crippen LogP contribution in [0, 0.1) is 5.92 Å². The Morgan fingerprint density at radius 1 is 1.59 bits per heavy atom. The van der Waals surface area contributed by atoms with Crippen molar-refractivity contribution in [3.05, 3.63) is 10.7 Å². The van der Waals surface area contributed by atoms with E-state index in [-0.39, 0.29) is 11.7 Å². The fraction of sp³-hybridized carbons (Fsp3) is 0.636. The number of aliphatic carboxylic acids is 1. The summed E-state index contributed by atoms with van der Waals surface area (Å²) in [6, 6.07) is 0. The third-order valence-corrected chi connectivity index (χ3v) is 4.07. The maximum Gasteiger partial charge on any atom is 0.354 e. The number of hydrogen-bond donors (Lipinski definition) is 2. The summed E-state index contributed by atoms with van der Waals surface area (Å²) >= 11 is 1.54. The Balaban J connectivity index is 2.20. The molecule has 0 aromatic carbocycles. The zero-order valence-electron chi connectivity index (χ0n) is 9.73. The van der Waals surface area contributed by atoms with Gasteiger partial charge in [-0.25, -0.2) is 4.79 Å². The van der Waals surface area contributed by atoms with Crippen molar-refractivity contribution in [2.24, 2.45) is 5.92 Å². The van der Waals surface area contributed by atoms with Crippen LogP contribution in [0.2, 0.25) is 0 Å². The van der Waals surface area contributed by atoms with Crippen LogP contribution in [0.1, 0.15) is 13.3 Å². The third kappa shape index (κ3) is 2.57. The van der Waals surface area contributed by atoms with E-state index in [0.29, 0.717) is 25.2 Å². The minimum Gasteiger partial charge on any atom is -0.476 e. The van der Waals surface area contributed by atoms with E-state index in [4.69, 9.17) is 0 Å². The number of carboxylic acid groups (broad SMARTS) is 1. The van der Waals surface area contributed by atoms with E-state index in [1.165, 1.54) is 11.8 Å². The number of nitrogens with one attached hydrogen (secondary N) is 1. The average molecular weight is 256 g/mol. The van der Waals surface area contributed by atoms with Crippen LogP contribution in [-0.2, 0) is 9.59 Å². The number of thioether (sulfide) groups is 1. The van der Waals surface area contributed by atoms with E-state index < -0.39 is 5.97 Å². The topological polar surface area (TPSA) is 69.6 Å². The predicted molar refractivity (Wildman–Crippen MR) is 65.5 cm³/mol. The summed E-state index contributed by atoms with van der Waals surface area (Å²) < 4.78 is 0. The van der Waals surface area contributed by atoms with E-state index in [9.17, 15) is 14.7 Å². The monoisotopic (exact) mass is 256 g/mol. The molecule has 2 aliphatic rings. The summed E-state index contributed by atoms with van der Waals surface area (Å²) in [5.74, 6) is 0.130. The van der Waals surface area contributed by atoms with Crippen LogP contribution in [0.3, 0.4) is 0 Å². The number of rotatable bonds is 2. The molecule has 0 spiro atoms.